The number of nitrogens with zero attached hydrogens (tertiary/aromatic N) is 2. The Hall–Kier alpha value is -1.30. The van der Waals surface area contributed by atoms with Gasteiger partial charge in [0.15, 0.2) is 0 Å². The van der Waals surface area contributed by atoms with Crippen molar-refractivity contribution < 1.29 is 4.79 Å². The van der Waals surface area contributed by atoms with Crippen molar-refractivity contribution in [3.63, 3.8) is 0 Å². The van der Waals surface area contributed by atoms with Crippen LogP contribution in [0.1, 0.15) is 15.4 Å². The number of benzene rings is 1. The van der Waals surface area contributed by atoms with Crippen LogP contribution in [0.15, 0.2) is 24.4 Å². The minimum atomic E-state index is -0.0821. The van der Waals surface area contributed by atoms with Gasteiger partial charge in [-0.25, -0.2) is 4.98 Å². The van der Waals surface area contributed by atoms with Gasteiger partial charge in [0.2, 0.25) is 0 Å². The van der Waals surface area contributed by atoms with Gasteiger partial charge in [-0.2, -0.15) is 0 Å². The highest BCUT2D eigenvalue weighted by Crippen LogP contribution is 2.24. The van der Waals surface area contributed by atoms with E-state index in [1.165, 1.54) is 16.2 Å². The molecule has 0 spiro atoms. The van der Waals surface area contributed by atoms with Crippen LogP contribution in [0.25, 0.3) is 0 Å². The van der Waals surface area contributed by atoms with E-state index < -0.39 is 0 Å². The first-order valence-corrected chi connectivity index (χ1v) is 7.40. The maximum atomic E-state index is 12.1. The van der Waals surface area contributed by atoms with E-state index in [1.807, 2.05) is 0 Å². The van der Waals surface area contributed by atoms with E-state index >= 15 is 0 Å². The SMILES string of the molecule is CN(C)C(=O)c1ccc(Cl)cc1NCc1ncc(Cl)s1. The highest BCUT2D eigenvalue weighted by Gasteiger charge is 2.14. The zero-order valence-corrected chi connectivity index (χ0v) is 13.3. The quantitative estimate of drug-likeness (QED) is 0.928. The monoisotopic (exact) mass is 329 g/mol. The third-order valence-corrected chi connectivity index (χ3v) is 3.92. The lowest BCUT2D eigenvalue weighted by Gasteiger charge is -2.15. The molecule has 0 aliphatic carbocycles. The summed E-state index contributed by atoms with van der Waals surface area (Å²) in [5, 5.41) is 4.59. The minimum Gasteiger partial charge on any atom is -0.378 e. The van der Waals surface area contributed by atoms with Gasteiger partial charge in [0.05, 0.1) is 18.3 Å². The number of hydrogen-bond acceptors (Lipinski definition) is 4. The van der Waals surface area contributed by atoms with E-state index in [2.05, 4.69) is 10.3 Å². The second kappa shape index (κ2) is 6.43. The number of halogens is 2. The van der Waals surface area contributed by atoms with Crippen LogP contribution in [0.2, 0.25) is 9.36 Å². The van der Waals surface area contributed by atoms with Gasteiger partial charge >= 0.3 is 0 Å². The Morgan fingerprint density at radius 1 is 1.40 bits per heavy atom. The molecule has 0 fully saturated rings. The van der Waals surface area contributed by atoms with Gasteiger partial charge in [-0.3, -0.25) is 4.79 Å². The maximum absolute atomic E-state index is 12.1. The third kappa shape index (κ3) is 3.62. The molecule has 0 aliphatic heterocycles. The maximum Gasteiger partial charge on any atom is 0.255 e. The van der Waals surface area contributed by atoms with Crippen molar-refractivity contribution in [2.45, 2.75) is 6.54 Å². The van der Waals surface area contributed by atoms with Crippen LogP contribution in [-0.4, -0.2) is 29.9 Å². The molecule has 2 rings (SSSR count). The van der Waals surface area contributed by atoms with Gasteiger partial charge in [-0.1, -0.05) is 23.2 Å². The average molecular weight is 330 g/mol. The first kappa shape index (κ1) is 15.1. The normalized spacial score (nSPS) is 10.4. The fraction of sp³-hybridized carbons (Fsp3) is 0.231. The number of hydrogen-bond donors (Lipinski definition) is 1. The molecule has 0 saturated carbocycles. The molecule has 7 heteroatoms. The summed E-state index contributed by atoms with van der Waals surface area (Å²) in [7, 11) is 3.42. The first-order chi connectivity index (χ1) is 9.47. The van der Waals surface area contributed by atoms with Gasteiger partial charge < -0.3 is 10.2 Å². The van der Waals surface area contributed by atoms with Crippen LogP contribution in [0.4, 0.5) is 5.69 Å². The predicted octanol–water partition coefficient (Wildman–Crippen LogP) is 3.76. The van der Waals surface area contributed by atoms with E-state index in [4.69, 9.17) is 23.2 Å². The Kier molecular flexibility index (Phi) is 4.86. The second-order valence-corrected chi connectivity index (χ2v) is 6.48. The summed E-state index contributed by atoms with van der Waals surface area (Å²) in [5.41, 5.74) is 1.25. The summed E-state index contributed by atoms with van der Waals surface area (Å²) in [5.74, 6) is -0.0821. The number of carbonyl (C=O) groups is 1. The number of thiazole rings is 1. The highest BCUT2D eigenvalue weighted by molar-refractivity contribution is 7.15. The lowest BCUT2D eigenvalue weighted by molar-refractivity contribution is 0.0828. The molecule has 0 radical (unpaired) electrons. The van der Waals surface area contributed by atoms with Gasteiger partial charge in [-0.05, 0) is 18.2 Å². The van der Waals surface area contributed by atoms with Crippen molar-refractivity contribution in [3.05, 3.63) is 44.3 Å². The van der Waals surface area contributed by atoms with Crippen molar-refractivity contribution in [1.82, 2.24) is 9.88 Å². The Morgan fingerprint density at radius 2 is 2.15 bits per heavy atom. The highest BCUT2D eigenvalue weighted by atomic mass is 35.5. The van der Waals surface area contributed by atoms with Crippen LogP contribution in [-0.2, 0) is 6.54 Å². The number of amides is 1. The minimum absolute atomic E-state index is 0.0821. The summed E-state index contributed by atoms with van der Waals surface area (Å²) in [6.45, 7) is 0.492. The molecule has 0 saturated heterocycles. The lowest BCUT2D eigenvalue weighted by atomic mass is 10.1. The summed E-state index contributed by atoms with van der Waals surface area (Å²) in [4.78, 5) is 17.8. The molecule has 1 heterocycles. The van der Waals surface area contributed by atoms with E-state index in [-0.39, 0.29) is 5.91 Å². The molecular formula is C13H13Cl2N3OS. The van der Waals surface area contributed by atoms with Crippen LogP contribution in [0.3, 0.4) is 0 Å². The smallest absolute Gasteiger partial charge is 0.255 e. The van der Waals surface area contributed by atoms with E-state index in [0.29, 0.717) is 27.2 Å². The van der Waals surface area contributed by atoms with Gasteiger partial charge in [0, 0.05) is 24.8 Å². The summed E-state index contributed by atoms with van der Waals surface area (Å²) in [6.07, 6.45) is 1.60. The second-order valence-electron chi connectivity index (χ2n) is 4.30. The van der Waals surface area contributed by atoms with Crippen molar-refractivity contribution >= 4 is 46.1 Å². The van der Waals surface area contributed by atoms with Crippen molar-refractivity contribution in [2.75, 3.05) is 19.4 Å². The van der Waals surface area contributed by atoms with Gasteiger partial charge in [-0.15, -0.1) is 11.3 Å². The fourth-order valence-electron chi connectivity index (χ4n) is 1.63. The number of anilines is 1. The van der Waals surface area contributed by atoms with Gasteiger partial charge in [0.25, 0.3) is 5.91 Å². The Labute approximate surface area is 131 Å². The van der Waals surface area contributed by atoms with E-state index in [0.717, 1.165) is 5.01 Å². The molecule has 1 N–H and O–H groups in total. The lowest BCUT2D eigenvalue weighted by Crippen LogP contribution is -2.23. The Morgan fingerprint density at radius 3 is 2.75 bits per heavy atom. The molecule has 1 aromatic heterocycles. The molecular weight excluding hydrogens is 317 g/mol. The standard InChI is InChI=1S/C13H13Cl2N3OS/c1-18(2)13(19)9-4-3-8(14)5-10(9)16-7-12-17-6-11(15)20-12/h3-6,16H,7H2,1-2H3. The topological polar surface area (TPSA) is 45.2 Å². The molecule has 1 amide bonds. The molecule has 0 atom stereocenters. The third-order valence-electron chi connectivity index (χ3n) is 2.57. The largest absolute Gasteiger partial charge is 0.378 e. The fourth-order valence-corrected chi connectivity index (χ4v) is 2.70. The molecule has 4 nitrogen and oxygen atoms in total. The zero-order chi connectivity index (χ0) is 14.7. The number of rotatable bonds is 4. The zero-order valence-electron chi connectivity index (χ0n) is 11.0. The van der Waals surface area contributed by atoms with Crippen LogP contribution in [0.5, 0.6) is 0 Å². The summed E-state index contributed by atoms with van der Waals surface area (Å²) < 4.78 is 0.637. The summed E-state index contributed by atoms with van der Waals surface area (Å²) in [6, 6.07) is 5.14. The van der Waals surface area contributed by atoms with Crippen LogP contribution in [0, 0.1) is 0 Å². The van der Waals surface area contributed by atoms with Crippen molar-refractivity contribution in [1.29, 1.82) is 0 Å². The molecule has 2 aromatic rings. The Bertz CT molecular complexity index is 628. The number of aromatic nitrogens is 1. The molecule has 20 heavy (non-hydrogen) atoms. The molecule has 0 unspecified atom stereocenters. The van der Waals surface area contributed by atoms with E-state index in [1.54, 1.807) is 38.5 Å². The number of carbonyl (C=O) groups excluding carboxylic acids is 1. The molecule has 0 aliphatic rings. The molecule has 0 bridgehead atoms. The van der Waals surface area contributed by atoms with Crippen molar-refractivity contribution in [2.24, 2.45) is 0 Å². The Balaban J connectivity index is 2.21. The van der Waals surface area contributed by atoms with Gasteiger partial charge in [0.1, 0.15) is 9.34 Å². The van der Waals surface area contributed by atoms with Crippen LogP contribution < -0.4 is 5.32 Å². The first-order valence-electron chi connectivity index (χ1n) is 5.82. The molecule has 106 valence electrons. The number of nitrogens with one attached hydrogen (secondary N) is 1. The van der Waals surface area contributed by atoms with E-state index in [9.17, 15) is 4.79 Å². The average Bonchev–Trinajstić information content (AvgIpc) is 2.81. The summed E-state index contributed by atoms with van der Waals surface area (Å²) >= 11 is 13.2. The van der Waals surface area contributed by atoms with Crippen LogP contribution >= 0.6 is 34.5 Å². The predicted molar refractivity (Wildman–Crippen MR) is 83.9 cm³/mol. The van der Waals surface area contributed by atoms with Crippen molar-refractivity contribution in [3.8, 4) is 0 Å². The molecule has 1 aromatic carbocycles.